The topological polar surface area (TPSA) is 88.8 Å². The molecule has 0 N–H and O–H groups in total. The van der Waals surface area contributed by atoms with Gasteiger partial charge >= 0.3 is 5.97 Å². The SMILES string of the molecule is Cc1cccc(CN=Nc2cc(N3CCOCC3)cc(C(=O)OCCN3CCOCC3)n2)c1. The highest BCUT2D eigenvalue weighted by Crippen LogP contribution is 2.23. The van der Waals surface area contributed by atoms with Crippen LogP contribution in [0, 0.1) is 6.92 Å². The van der Waals surface area contributed by atoms with Gasteiger partial charge in [-0.25, -0.2) is 9.78 Å². The van der Waals surface area contributed by atoms with Crippen LogP contribution in [0.25, 0.3) is 0 Å². The third kappa shape index (κ3) is 7.05. The maximum absolute atomic E-state index is 12.8. The number of aryl methyl sites for hydroxylation is 1. The molecule has 33 heavy (non-hydrogen) atoms. The molecule has 1 aromatic heterocycles. The highest BCUT2D eigenvalue weighted by molar-refractivity contribution is 5.89. The molecule has 0 saturated carbocycles. The largest absolute Gasteiger partial charge is 0.460 e. The van der Waals surface area contributed by atoms with Crippen LogP contribution in [0.4, 0.5) is 11.5 Å². The predicted molar refractivity (Wildman–Crippen MR) is 124 cm³/mol. The van der Waals surface area contributed by atoms with E-state index in [1.807, 2.05) is 31.2 Å². The van der Waals surface area contributed by atoms with Gasteiger partial charge < -0.3 is 19.1 Å². The van der Waals surface area contributed by atoms with Gasteiger partial charge in [0.15, 0.2) is 11.5 Å². The second-order valence-electron chi connectivity index (χ2n) is 8.15. The van der Waals surface area contributed by atoms with Gasteiger partial charge in [-0.05, 0) is 18.6 Å². The minimum atomic E-state index is -0.450. The van der Waals surface area contributed by atoms with Gasteiger partial charge in [-0.2, -0.15) is 5.11 Å². The van der Waals surface area contributed by atoms with E-state index in [0.29, 0.717) is 51.9 Å². The van der Waals surface area contributed by atoms with Crippen LogP contribution in [-0.2, 0) is 20.8 Å². The summed E-state index contributed by atoms with van der Waals surface area (Å²) in [5.41, 5.74) is 3.37. The monoisotopic (exact) mass is 453 g/mol. The average molecular weight is 454 g/mol. The number of hydrogen-bond acceptors (Lipinski definition) is 9. The highest BCUT2D eigenvalue weighted by atomic mass is 16.5. The number of aromatic nitrogens is 1. The molecule has 9 nitrogen and oxygen atoms in total. The summed E-state index contributed by atoms with van der Waals surface area (Å²) in [4.78, 5) is 21.6. The first kappa shape index (κ1) is 23.3. The van der Waals surface area contributed by atoms with Crippen molar-refractivity contribution in [3.05, 3.63) is 53.2 Å². The van der Waals surface area contributed by atoms with Crippen molar-refractivity contribution in [2.45, 2.75) is 13.5 Å². The van der Waals surface area contributed by atoms with Gasteiger partial charge in [0.05, 0.1) is 33.0 Å². The minimum Gasteiger partial charge on any atom is -0.460 e. The Bertz CT molecular complexity index is 956. The van der Waals surface area contributed by atoms with Gasteiger partial charge in [0.2, 0.25) is 0 Å². The number of carbonyl (C=O) groups is 1. The fraction of sp³-hybridized carbons (Fsp3) is 0.500. The summed E-state index contributed by atoms with van der Waals surface area (Å²) in [7, 11) is 0. The Morgan fingerprint density at radius 3 is 2.58 bits per heavy atom. The molecule has 0 bridgehead atoms. The molecule has 0 unspecified atom stereocenters. The van der Waals surface area contributed by atoms with Gasteiger partial charge in [-0.3, -0.25) is 4.90 Å². The zero-order chi connectivity index (χ0) is 22.9. The van der Waals surface area contributed by atoms with Crippen molar-refractivity contribution >= 4 is 17.5 Å². The summed E-state index contributed by atoms with van der Waals surface area (Å²) in [5.74, 6) is -0.0553. The van der Waals surface area contributed by atoms with Gasteiger partial charge in [0.1, 0.15) is 6.61 Å². The van der Waals surface area contributed by atoms with Crippen molar-refractivity contribution in [3.63, 3.8) is 0 Å². The summed E-state index contributed by atoms with van der Waals surface area (Å²) in [5, 5.41) is 8.62. The van der Waals surface area contributed by atoms with E-state index in [1.165, 1.54) is 5.56 Å². The van der Waals surface area contributed by atoms with Crippen LogP contribution in [0.2, 0.25) is 0 Å². The number of esters is 1. The van der Waals surface area contributed by atoms with E-state index in [1.54, 1.807) is 6.07 Å². The van der Waals surface area contributed by atoms with Crippen molar-refractivity contribution in [2.24, 2.45) is 10.2 Å². The lowest BCUT2D eigenvalue weighted by atomic mass is 10.1. The number of benzene rings is 1. The normalized spacial score (nSPS) is 17.4. The summed E-state index contributed by atoms with van der Waals surface area (Å²) < 4.78 is 16.3. The number of rotatable bonds is 8. The van der Waals surface area contributed by atoms with Gasteiger partial charge in [0, 0.05) is 44.5 Å². The third-order valence-corrected chi connectivity index (χ3v) is 5.64. The molecule has 2 aliphatic heterocycles. The number of pyridine rings is 1. The zero-order valence-electron chi connectivity index (χ0n) is 19.1. The molecule has 2 saturated heterocycles. The van der Waals surface area contributed by atoms with Crippen LogP contribution < -0.4 is 4.90 Å². The molecule has 3 heterocycles. The maximum Gasteiger partial charge on any atom is 0.357 e. The summed E-state index contributed by atoms with van der Waals surface area (Å²) >= 11 is 0. The number of morpholine rings is 2. The lowest BCUT2D eigenvalue weighted by Crippen LogP contribution is -2.38. The number of anilines is 1. The lowest BCUT2D eigenvalue weighted by Gasteiger charge is -2.29. The van der Waals surface area contributed by atoms with Crippen molar-refractivity contribution in [1.82, 2.24) is 9.88 Å². The van der Waals surface area contributed by atoms with Gasteiger partial charge in [-0.1, -0.05) is 29.8 Å². The van der Waals surface area contributed by atoms with Gasteiger partial charge in [0.25, 0.3) is 0 Å². The second-order valence-corrected chi connectivity index (χ2v) is 8.15. The first-order valence-electron chi connectivity index (χ1n) is 11.4. The Labute approximate surface area is 194 Å². The van der Waals surface area contributed by atoms with E-state index in [0.717, 1.165) is 37.4 Å². The maximum atomic E-state index is 12.8. The fourth-order valence-electron chi connectivity index (χ4n) is 3.83. The minimum absolute atomic E-state index is 0.241. The highest BCUT2D eigenvalue weighted by Gasteiger charge is 2.18. The molecular weight excluding hydrogens is 422 g/mol. The van der Waals surface area contributed by atoms with Crippen LogP contribution >= 0.6 is 0 Å². The number of hydrogen-bond donors (Lipinski definition) is 0. The van der Waals surface area contributed by atoms with Crippen LogP contribution in [-0.4, -0.2) is 81.6 Å². The molecule has 9 heteroatoms. The van der Waals surface area contributed by atoms with E-state index in [4.69, 9.17) is 14.2 Å². The number of azo groups is 1. The average Bonchev–Trinajstić information content (AvgIpc) is 2.85. The van der Waals surface area contributed by atoms with Crippen molar-refractivity contribution in [2.75, 3.05) is 70.7 Å². The lowest BCUT2D eigenvalue weighted by molar-refractivity contribution is 0.0193. The van der Waals surface area contributed by atoms with Crippen LogP contribution in [0.1, 0.15) is 21.6 Å². The number of nitrogens with zero attached hydrogens (tertiary/aromatic N) is 5. The molecule has 0 radical (unpaired) electrons. The first-order valence-corrected chi connectivity index (χ1v) is 11.4. The van der Waals surface area contributed by atoms with Crippen molar-refractivity contribution in [3.8, 4) is 0 Å². The molecule has 2 fully saturated rings. The predicted octanol–water partition coefficient (Wildman–Crippen LogP) is 3.00. The van der Waals surface area contributed by atoms with E-state index in [2.05, 4.69) is 31.1 Å². The van der Waals surface area contributed by atoms with E-state index < -0.39 is 5.97 Å². The van der Waals surface area contributed by atoms with Gasteiger partial charge in [-0.15, -0.1) is 5.11 Å². The zero-order valence-corrected chi connectivity index (χ0v) is 19.1. The molecule has 4 rings (SSSR count). The quantitative estimate of drug-likeness (QED) is 0.448. The fourth-order valence-corrected chi connectivity index (χ4v) is 3.83. The van der Waals surface area contributed by atoms with Crippen molar-refractivity contribution < 1.29 is 19.0 Å². The molecule has 1 aromatic carbocycles. The Morgan fingerprint density at radius 2 is 1.82 bits per heavy atom. The van der Waals surface area contributed by atoms with Crippen LogP contribution in [0.5, 0.6) is 0 Å². The second kappa shape index (κ2) is 11.8. The van der Waals surface area contributed by atoms with Crippen molar-refractivity contribution in [1.29, 1.82) is 0 Å². The molecule has 0 amide bonds. The Hall–Kier alpha value is -2.88. The summed E-state index contributed by atoms with van der Waals surface area (Å²) in [6.07, 6.45) is 0. The molecule has 176 valence electrons. The van der Waals surface area contributed by atoms with Crippen LogP contribution in [0.3, 0.4) is 0 Å². The third-order valence-electron chi connectivity index (χ3n) is 5.64. The summed E-state index contributed by atoms with van der Waals surface area (Å²) in [6, 6.07) is 11.8. The molecular formula is C24H31N5O4. The Morgan fingerprint density at radius 1 is 1.06 bits per heavy atom. The molecule has 0 aliphatic carbocycles. The molecule has 2 aliphatic rings. The van der Waals surface area contributed by atoms with E-state index in [-0.39, 0.29) is 5.69 Å². The number of carbonyl (C=O) groups excluding carboxylic acids is 1. The molecule has 0 spiro atoms. The molecule has 0 atom stereocenters. The smallest absolute Gasteiger partial charge is 0.357 e. The van der Waals surface area contributed by atoms with Crippen LogP contribution in [0.15, 0.2) is 46.6 Å². The first-order chi connectivity index (χ1) is 16.2. The summed E-state index contributed by atoms with van der Waals surface area (Å²) in [6.45, 7) is 9.41. The molecule has 2 aromatic rings. The Balaban J connectivity index is 1.44. The standard InChI is InChI=1S/C24H31N5O4/c1-19-3-2-4-20(15-19)18-25-27-23-17-21(29-8-12-32-13-9-29)16-22(26-23)24(30)33-14-7-28-5-10-31-11-6-28/h2-4,15-17H,5-14,18H2,1H3. The van der Waals surface area contributed by atoms with E-state index >= 15 is 0 Å². The van der Waals surface area contributed by atoms with E-state index in [9.17, 15) is 4.79 Å². The Kier molecular flexibility index (Phi) is 8.35. The number of ether oxygens (including phenoxy) is 3.